The van der Waals surface area contributed by atoms with Crippen LogP contribution in [0.4, 0.5) is 10.5 Å². The van der Waals surface area contributed by atoms with Crippen LogP contribution in [0.15, 0.2) is 24.3 Å². The fraction of sp³-hybridized carbons (Fsp3) is 0.529. The molecule has 1 fully saturated rings. The number of anilines is 1. The normalized spacial score (nSPS) is 16.7. The van der Waals surface area contributed by atoms with Crippen molar-refractivity contribution in [2.75, 3.05) is 25.0 Å². The molecule has 0 unspecified atom stereocenters. The highest BCUT2D eigenvalue weighted by Gasteiger charge is 2.25. The van der Waals surface area contributed by atoms with Crippen molar-refractivity contribution < 1.29 is 9.59 Å². The maximum absolute atomic E-state index is 12.7. The van der Waals surface area contributed by atoms with Crippen molar-refractivity contribution in [3.8, 4) is 0 Å². The van der Waals surface area contributed by atoms with Crippen LogP contribution in [0.5, 0.6) is 0 Å². The van der Waals surface area contributed by atoms with Gasteiger partial charge in [0.05, 0.1) is 0 Å². The molecule has 0 radical (unpaired) electrons. The maximum Gasteiger partial charge on any atom is 0.319 e. The van der Waals surface area contributed by atoms with E-state index in [0.717, 1.165) is 25.9 Å². The first-order valence-electron chi connectivity index (χ1n) is 7.81. The predicted octanol–water partition coefficient (Wildman–Crippen LogP) is 2.50. The summed E-state index contributed by atoms with van der Waals surface area (Å²) in [6, 6.07) is 6.69. The highest BCUT2D eigenvalue weighted by atomic mass is 16.2. The van der Waals surface area contributed by atoms with Gasteiger partial charge in [-0.3, -0.25) is 9.69 Å². The number of nitrogens with zero attached hydrogens (tertiary/aromatic N) is 2. The van der Waals surface area contributed by atoms with Crippen molar-refractivity contribution in [1.82, 2.24) is 4.90 Å². The number of primary amides is 1. The number of likely N-dealkylation sites (tertiary alicyclic amines) is 1. The maximum atomic E-state index is 12.7. The minimum Gasteiger partial charge on any atom is -0.351 e. The van der Waals surface area contributed by atoms with Crippen molar-refractivity contribution in [3.63, 3.8) is 0 Å². The number of hydrogen-bond donors (Lipinski definition) is 1. The Bertz CT molecular complexity index is 549. The molecule has 120 valence electrons. The molecule has 0 aromatic heterocycles. The van der Waals surface area contributed by atoms with Gasteiger partial charge in [0.15, 0.2) is 5.78 Å². The highest BCUT2D eigenvalue weighted by Crippen LogP contribution is 2.24. The van der Waals surface area contributed by atoms with Gasteiger partial charge in [0.2, 0.25) is 0 Å². The number of nitrogens with two attached hydrogens (primary N) is 1. The SMILES string of the molecule is CC(C)N(C(N)=O)c1cccc(C(=O)C2CCN(C)CC2)c1. The van der Waals surface area contributed by atoms with E-state index in [0.29, 0.717) is 11.3 Å². The van der Waals surface area contributed by atoms with Gasteiger partial charge < -0.3 is 10.6 Å². The average molecular weight is 303 g/mol. The van der Waals surface area contributed by atoms with Crippen molar-refractivity contribution in [1.29, 1.82) is 0 Å². The average Bonchev–Trinajstić information content (AvgIpc) is 2.47. The second-order valence-corrected chi connectivity index (χ2v) is 6.29. The number of rotatable bonds is 4. The van der Waals surface area contributed by atoms with Gasteiger partial charge in [-0.15, -0.1) is 0 Å². The molecule has 1 aromatic carbocycles. The van der Waals surface area contributed by atoms with E-state index in [9.17, 15) is 9.59 Å². The molecule has 5 nitrogen and oxygen atoms in total. The third-order valence-electron chi connectivity index (χ3n) is 4.25. The molecule has 2 N–H and O–H groups in total. The molecule has 0 saturated carbocycles. The molecule has 2 rings (SSSR count). The number of piperidine rings is 1. The Morgan fingerprint density at radius 3 is 2.45 bits per heavy atom. The number of carbonyl (C=O) groups is 2. The zero-order chi connectivity index (χ0) is 16.3. The largest absolute Gasteiger partial charge is 0.351 e. The zero-order valence-corrected chi connectivity index (χ0v) is 13.6. The van der Waals surface area contributed by atoms with Gasteiger partial charge in [0, 0.05) is 23.2 Å². The molecule has 5 heteroatoms. The van der Waals surface area contributed by atoms with E-state index in [2.05, 4.69) is 11.9 Å². The zero-order valence-electron chi connectivity index (χ0n) is 13.6. The molecule has 0 atom stereocenters. The van der Waals surface area contributed by atoms with Crippen molar-refractivity contribution >= 4 is 17.5 Å². The summed E-state index contributed by atoms with van der Waals surface area (Å²) in [7, 11) is 2.08. The van der Waals surface area contributed by atoms with E-state index in [1.807, 2.05) is 32.0 Å². The lowest BCUT2D eigenvalue weighted by molar-refractivity contribution is 0.0857. The molecular weight excluding hydrogens is 278 g/mol. The Balaban J connectivity index is 2.20. The summed E-state index contributed by atoms with van der Waals surface area (Å²) in [5.41, 5.74) is 6.80. The molecule has 0 bridgehead atoms. The van der Waals surface area contributed by atoms with Crippen LogP contribution in [-0.2, 0) is 0 Å². The third kappa shape index (κ3) is 3.65. The quantitative estimate of drug-likeness (QED) is 0.869. The number of urea groups is 1. The van der Waals surface area contributed by atoms with Crippen LogP contribution in [0.25, 0.3) is 0 Å². The lowest BCUT2D eigenvalue weighted by Crippen LogP contribution is -2.41. The lowest BCUT2D eigenvalue weighted by Gasteiger charge is -2.28. The van der Waals surface area contributed by atoms with Crippen LogP contribution in [0.2, 0.25) is 0 Å². The van der Waals surface area contributed by atoms with Gasteiger partial charge in [0.25, 0.3) is 0 Å². The third-order valence-corrected chi connectivity index (χ3v) is 4.25. The molecule has 2 amide bonds. The molecule has 1 aliphatic rings. The van der Waals surface area contributed by atoms with Gasteiger partial charge in [-0.2, -0.15) is 0 Å². The van der Waals surface area contributed by atoms with Crippen LogP contribution in [-0.4, -0.2) is 42.9 Å². The van der Waals surface area contributed by atoms with Crippen molar-refractivity contribution in [2.45, 2.75) is 32.7 Å². The van der Waals surface area contributed by atoms with Crippen LogP contribution in [0.3, 0.4) is 0 Å². The fourth-order valence-corrected chi connectivity index (χ4v) is 3.00. The van der Waals surface area contributed by atoms with E-state index in [1.54, 1.807) is 6.07 Å². The smallest absolute Gasteiger partial charge is 0.319 e. The summed E-state index contributed by atoms with van der Waals surface area (Å²) in [6.45, 7) is 5.71. The molecule has 1 aromatic rings. The first kappa shape index (κ1) is 16.5. The molecule has 0 aliphatic carbocycles. The first-order valence-corrected chi connectivity index (χ1v) is 7.81. The standard InChI is InChI=1S/C17H25N3O2/c1-12(2)20(17(18)22)15-6-4-5-14(11-15)16(21)13-7-9-19(3)10-8-13/h4-6,11-13H,7-10H2,1-3H3,(H2,18,22). The number of ketones is 1. The summed E-state index contributed by atoms with van der Waals surface area (Å²) >= 11 is 0. The Hall–Kier alpha value is -1.88. The second-order valence-electron chi connectivity index (χ2n) is 6.29. The van der Waals surface area contributed by atoms with E-state index in [-0.39, 0.29) is 17.7 Å². The van der Waals surface area contributed by atoms with E-state index in [1.165, 1.54) is 4.90 Å². The summed E-state index contributed by atoms with van der Waals surface area (Å²) in [5, 5.41) is 0. The first-order chi connectivity index (χ1) is 10.4. The van der Waals surface area contributed by atoms with Crippen LogP contribution < -0.4 is 10.6 Å². The van der Waals surface area contributed by atoms with Crippen molar-refractivity contribution in [2.24, 2.45) is 11.7 Å². The predicted molar refractivity (Wildman–Crippen MR) is 88.2 cm³/mol. The van der Waals surface area contributed by atoms with Gasteiger partial charge in [-0.05, 0) is 59.0 Å². The van der Waals surface area contributed by atoms with Gasteiger partial charge in [0.1, 0.15) is 0 Å². The summed E-state index contributed by atoms with van der Waals surface area (Å²) < 4.78 is 0. The van der Waals surface area contributed by atoms with Crippen LogP contribution in [0, 0.1) is 5.92 Å². The topological polar surface area (TPSA) is 66.6 Å². The van der Waals surface area contributed by atoms with Crippen LogP contribution in [0.1, 0.15) is 37.0 Å². The lowest BCUT2D eigenvalue weighted by atomic mass is 9.89. The Labute approximate surface area is 132 Å². The van der Waals surface area contributed by atoms with Gasteiger partial charge in [-0.1, -0.05) is 12.1 Å². The summed E-state index contributed by atoms with van der Waals surface area (Å²) in [5.74, 6) is 0.246. The number of Topliss-reactive ketones (excluding diaryl/α,β-unsaturated/α-hetero) is 1. The Kier molecular flexibility index (Phi) is 5.19. The van der Waals surface area contributed by atoms with E-state index in [4.69, 9.17) is 5.73 Å². The van der Waals surface area contributed by atoms with Crippen LogP contribution >= 0.6 is 0 Å². The molecule has 22 heavy (non-hydrogen) atoms. The number of amides is 2. The minimum absolute atomic E-state index is 0.0498. The second kappa shape index (κ2) is 6.92. The highest BCUT2D eigenvalue weighted by molar-refractivity contribution is 6.00. The minimum atomic E-state index is -0.501. The summed E-state index contributed by atoms with van der Waals surface area (Å²) in [4.78, 5) is 28.0. The number of carbonyl (C=O) groups excluding carboxylic acids is 2. The molecule has 1 saturated heterocycles. The Morgan fingerprint density at radius 1 is 1.27 bits per heavy atom. The van der Waals surface area contributed by atoms with E-state index < -0.39 is 6.03 Å². The monoisotopic (exact) mass is 303 g/mol. The molecular formula is C17H25N3O2. The van der Waals surface area contributed by atoms with Crippen molar-refractivity contribution in [3.05, 3.63) is 29.8 Å². The van der Waals surface area contributed by atoms with Gasteiger partial charge in [-0.25, -0.2) is 4.79 Å². The van der Waals surface area contributed by atoms with Gasteiger partial charge >= 0.3 is 6.03 Å². The van der Waals surface area contributed by atoms with E-state index >= 15 is 0 Å². The Morgan fingerprint density at radius 2 is 1.91 bits per heavy atom. The number of benzene rings is 1. The molecule has 1 heterocycles. The molecule has 0 spiro atoms. The molecule has 1 aliphatic heterocycles. The summed E-state index contributed by atoms with van der Waals surface area (Å²) in [6.07, 6.45) is 1.78. The number of hydrogen-bond acceptors (Lipinski definition) is 3. The fourth-order valence-electron chi connectivity index (χ4n) is 3.00.